The van der Waals surface area contributed by atoms with Crippen LogP contribution in [-0.2, 0) is 4.79 Å². The van der Waals surface area contributed by atoms with Gasteiger partial charge in [-0.15, -0.1) is 0 Å². The maximum Gasteiger partial charge on any atom is 0.306 e. The van der Waals surface area contributed by atoms with E-state index in [1.54, 1.807) is 14.2 Å². The average molecular weight is 383 g/mol. The molecule has 5 heteroatoms. The minimum atomic E-state index is -0.690. The van der Waals surface area contributed by atoms with E-state index < -0.39 is 5.97 Å². The summed E-state index contributed by atoms with van der Waals surface area (Å²) in [5.74, 6) is 0.591. The van der Waals surface area contributed by atoms with Crippen molar-refractivity contribution < 1.29 is 19.4 Å². The van der Waals surface area contributed by atoms with E-state index in [1.165, 1.54) is 16.7 Å². The van der Waals surface area contributed by atoms with Crippen molar-refractivity contribution in [1.82, 2.24) is 4.90 Å². The number of hydrogen-bond donors (Lipinski definition) is 1. The summed E-state index contributed by atoms with van der Waals surface area (Å²) in [5, 5.41) is 9.36. The second-order valence-electron chi connectivity index (χ2n) is 7.52. The highest BCUT2D eigenvalue weighted by Crippen LogP contribution is 2.39. The fourth-order valence-corrected chi connectivity index (χ4v) is 4.14. The third-order valence-corrected chi connectivity index (χ3v) is 5.70. The van der Waals surface area contributed by atoms with Crippen molar-refractivity contribution in [2.75, 3.05) is 27.3 Å². The number of aliphatic carboxylic acids is 1. The average Bonchev–Trinajstić information content (AvgIpc) is 2.70. The largest absolute Gasteiger partial charge is 0.497 e. The third kappa shape index (κ3) is 4.14. The van der Waals surface area contributed by atoms with Crippen LogP contribution in [0.4, 0.5) is 0 Å². The van der Waals surface area contributed by atoms with E-state index in [4.69, 9.17) is 9.47 Å². The highest BCUT2D eigenvalue weighted by atomic mass is 16.5. The predicted molar refractivity (Wildman–Crippen MR) is 109 cm³/mol. The second-order valence-corrected chi connectivity index (χ2v) is 7.52. The van der Waals surface area contributed by atoms with Crippen LogP contribution in [0.25, 0.3) is 0 Å². The van der Waals surface area contributed by atoms with Crippen LogP contribution in [0, 0.1) is 19.8 Å². The van der Waals surface area contributed by atoms with Crippen LogP contribution in [0.15, 0.2) is 36.4 Å². The number of likely N-dealkylation sites (tertiary alicyclic amines) is 1. The van der Waals surface area contributed by atoms with E-state index in [-0.39, 0.29) is 12.0 Å². The fourth-order valence-electron chi connectivity index (χ4n) is 4.14. The van der Waals surface area contributed by atoms with Gasteiger partial charge in [0.05, 0.1) is 26.2 Å². The van der Waals surface area contributed by atoms with Gasteiger partial charge in [0.15, 0.2) is 0 Å². The highest BCUT2D eigenvalue weighted by molar-refractivity contribution is 5.70. The van der Waals surface area contributed by atoms with Crippen molar-refractivity contribution in [2.24, 2.45) is 5.92 Å². The number of carboxylic acids is 1. The fraction of sp³-hybridized carbons (Fsp3) is 0.435. The lowest BCUT2D eigenvalue weighted by atomic mass is 9.88. The molecular formula is C23H29NO4. The number of carboxylic acid groups (broad SMARTS) is 1. The first-order valence-corrected chi connectivity index (χ1v) is 9.70. The number of piperidine rings is 1. The van der Waals surface area contributed by atoms with E-state index >= 15 is 0 Å². The van der Waals surface area contributed by atoms with Crippen molar-refractivity contribution in [3.05, 3.63) is 58.7 Å². The summed E-state index contributed by atoms with van der Waals surface area (Å²) in [5.41, 5.74) is 4.75. The van der Waals surface area contributed by atoms with Crippen LogP contribution in [0.1, 0.15) is 41.1 Å². The number of benzene rings is 2. The third-order valence-electron chi connectivity index (χ3n) is 5.70. The first-order valence-electron chi connectivity index (χ1n) is 9.70. The zero-order chi connectivity index (χ0) is 20.3. The number of aryl methyl sites for hydroxylation is 2. The van der Waals surface area contributed by atoms with Gasteiger partial charge >= 0.3 is 5.97 Å². The van der Waals surface area contributed by atoms with E-state index in [0.717, 1.165) is 30.2 Å². The second kappa shape index (κ2) is 8.65. The first kappa shape index (κ1) is 20.2. The molecule has 0 saturated carbocycles. The van der Waals surface area contributed by atoms with Gasteiger partial charge in [-0.05, 0) is 63.0 Å². The van der Waals surface area contributed by atoms with Gasteiger partial charge in [0.1, 0.15) is 11.5 Å². The molecule has 2 aromatic rings. The lowest BCUT2D eigenvalue weighted by Crippen LogP contribution is -2.39. The molecule has 3 rings (SSSR count). The minimum Gasteiger partial charge on any atom is -0.497 e. The van der Waals surface area contributed by atoms with Gasteiger partial charge in [-0.1, -0.05) is 23.8 Å². The van der Waals surface area contributed by atoms with Gasteiger partial charge < -0.3 is 14.6 Å². The van der Waals surface area contributed by atoms with Gasteiger partial charge in [-0.25, -0.2) is 0 Å². The van der Waals surface area contributed by atoms with Gasteiger partial charge in [0.2, 0.25) is 0 Å². The molecule has 1 saturated heterocycles. The molecule has 1 atom stereocenters. The monoisotopic (exact) mass is 383 g/mol. The normalized spacial score (nSPS) is 16.6. The lowest BCUT2D eigenvalue weighted by Gasteiger charge is -2.38. The molecule has 0 aliphatic carbocycles. The Hall–Kier alpha value is -2.53. The molecule has 1 fully saturated rings. The number of hydrogen-bond acceptors (Lipinski definition) is 4. The van der Waals surface area contributed by atoms with E-state index in [2.05, 4.69) is 43.0 Å². The van der Waals surface area contributed by atoms with E-state index in [9.17, 15) is 9.90 Å². The molecule has 0 radical (unpaired) electrons. The van der Waals surface area contributed by atoms with Crippen molar-refractivity contribution in [2.45, 2.75) is 32.7 Å². The van der Waals surface area contributed by atoms with Crippen LogP contribution < -0.4 is 9.47 Å². The summed E-state index contributed by atoms with van der Waals surface area (Å²) in [6.07, 6.45) is 1.32. The minimum absolute atomic E-state index is 0.0104. The Bertz CT molecular complexity index is 840. The molecule has 1 heterocycles. The molecular weight excluding hydrogens is 354 g/mol. The number of rotatable bonds is 6. The number of ether oxygens (including phenoxy) is 2. The predicted octanol–water partition coefficient (Wildman–Crippen LogP) is 4.21. The summed E-state index contributed by atoms with van der Waals surface area (Å²) < 4.78 is 11.1. The van der Waals surface area contributed by atoms with Gasteiger partial charge in [-0.2, -0.15) is 0 Å². The molecule has 150 valence electrons. The number of methoxy groups -OCH3 is 2. The van der Waals surface area contributed by atoms with Crippen LogP contribution in [0.2, 0.25) is 0 Å². The van der Waals surface area contributed by atoms with Gasteiger partial charge in [0, 0.05) is 11.6 Å². The van der Waals surface area contributed by atoms with Crippen molar-refractivity contribution in [1.29, 1.82) is 0 Å². The lowest BCUT2D eigenvalue weighted by molar-refractivity contribution is -0.143. The zero-order valence-electron chi connectivity index (χ0n) is 17.1. The molecule has 0 amide bonds. The van der Waals surface area contributed by atoms with Crippen molar-refractivity contribution >= 4 is 5.97 Å². The molecule has 0 bridgehead atoms. The Morgan fingerprint density at radius 2 is 1.71 bits per heavy atom. The summed E-state index contributed by atoms with van der Waals surface area (Å²) in [7, 11) is 3.32. The SMILES string of the molecule is COc1ccc(C(c2ccc(C)cc2C)N2CCC(C(=O)O)CC2)c(OC)c1. The van der Waals surface area contributed by atoms with Crippen LogP contribution in [0.5, 0.6) is 11.5 Å². The molecule has 1 N–H and O–H groups in total. The Balaban J connectivity index is 2.04. The summed E-state index contributed by atoms with van der Waals surface area (Å²) in [6.45, 7) is 5.71. The Kier molecular flexibility index (Phi) is 6.25. The summed E-state index contributed by atoms with van der Waals surface area (Å²) in [6, 6.07) is 12.5. The Morgan fingerprint density at radius 1 is 1.04 bits per heavy atom. The van der Waals surface area contributed by atoms with E-state index in [0.29, 0.717) is 12.8 Å². The van der Waals surface area contributed by atoms with Crippen LogP contribution in [-0.4, -0.2) is 43.3 Å². The van der Waals surface area contributed by atoms with Crippen LogP contribution in [0.3, 0.4) is 0 Å². The molecule has 1 unspecified atom stereocenters. The molecule has 28 heavy (non-hydrogen) atoms. The van der Waals surface area contributed by atoms with Gasteiger partial charge in [-0.3, -0.25) is 9.69 Å². The molecule has 1 aliphatic heterocycles. The maximum atomic E-state index is 11.4. The zero-order valence-corrected chi connectivity index (χ0v) is 17.1. The quantitative estimate of drug-likeness (QED) is 0.810. The van der Waals surface area contributed by atoms with Crippen molar-refractivity contribution in [3.63, 3.8) is 0 Å². The first-order chi connectivity index (χ1) is 13.4. The molecule has 1 aliphatic rings. The Morgan fingerprint density at radius 3 is 2.29 bits per heavy atom. The summed E-state index contributed by atoms with van der Waals surface area (Å²) in [4.78, 5) is 13.8. The molecule has 5 nitrogen and oxygen atoms in total. The maximum absolute atomic E-state index is 11.4. The molecule has 0 aromatic heterocycles. The Labute approximate surface area is 166 Å². The van der Waals surface area contributed by atoms with Crippen LogP contribution >= 0.6 is 0 Å². The summed E-state index contributed by atoms with van der Waals surface area (Å²) >= 11 is 0. The molecule has 0 spiro atoms. The molecule has 2 aromatic carbocycles. The van der Waals surface area contributed by atoms with E-state index in [1.807, 2.05) is 12.1 Å². The smallest absolute Gasteiger partial charge is 0.306 e. The standard InChI is InChI=1S/C23H29NO4/c1-15-5-7-19(16(2)13-15)22(24-11-9-17(10-12-24)23(25)26)20-8-6-18(27-3)14-21(20)28-4/h5-8,13-14,17,22H,9-12H2,1-4H3,(H,25,26). The topological polar surface area (TPSA) is 59.0 Å². The number of nitrogens with zero attached hydrogens (tertiary/aromatic N) is 1. The van der Waals surface area contributed by atoms with Crippen molar-refractivity contribution in [3.8, 4) is 11.5 Å². The van der Waals surface area contributed by atoms with Gasteiger partial charge in [0.25, 0.3) is 0 Å². The highest BCUT2D eigenvalue weighted by Gasteiger charge is 2.32. The number of carbonyl (C=O) groups is 1.